The van der Waals surface area contributed by atoms with Gasteiger partial charge in [0, 0.05) is 44.5 Å². The third-order valence-corrected chi connectivity index (χ3v) is 4.16. The maximum atomic E-state index is 12.1. The molecule has 21 heavy (non-hydrogen) atoms. The molecule has 0 atom stereocenters. The van der Waals surface area contributed by atoms with E-state index in [0.717, 1.165) is 32.1 Å². The summed E-state index contributed by atoms with van der Waals surface area (Å²) in [6.45, 7) is 4.90. The molecule has 114 valence electrons. The Kier molecular flexibility index (Phi) is 4.29. The van der Waals surface area contributed by atoms with Crippen molar-refractivity contribution in [1.29, 1.82) is 0 Å². The monoisotopic (exact) mass is 289 g/mol. The Balaban J connectivity index is 1.41. The summed E-state index contributed by atoms with van der Waals surface area (Å²) in [6, 6.07) is 7.18. The molecule has 0 spiro atoms. The number of nitrogens with two attached hydrogens (primary N) is 1. The van der Waals surface area contributed by atoms with Crippen LogP contribution in [0.1, 0.15) is 12.8 Å². The molecule has 1 heterocycles. The predicted molar refractivity (Wildman–Crippen MR) is 82.1 cm³/mol. The third kappa shape index (κ3) is 4.11. The van der Waals surface area contributed by atoms with Gasteiger partial charge in [-0.2, -0.15) is 0 Å². The van der Waals surface area contributed by atoms with Crippen molar-refractivity contribution in [1.82, 2.24) is 9.80 Å². The number of anilines is 1. The SMILES string of the molecule is Nc1cccc(OCC(=O)N2CCN(CC3CC3)CC2)c1. The van der Waals surface area contributed by atoms with Crippen molar-refractivity contribution in [3.8, 4) is 5.75 Å². The normalized spacial score (nSPS) is 19.5. The summed E-state index contributed by atoms with van der Waals surface area (Å²) < 4.78 is 5.52. The zero-order chi connectivity index (χ0) is 14.7. The first-order valence-corrected chi connectivity index (χ1v) is 7.69. The van der Waals surface area contributed by atoms with Gasteiger partial charge in [-0.05, 0) is 30.9 Å². The lowest BCUT2D eigenvalue weighted by Crippen LogP contribution is -2.50. The number of hydrogen-bond acceptors (Lipinski definition) is 4. The van der Waals surface area contributed by atoms with Gasteiger partial charge in [-0.25, -0.2) is 0 Å². The van der Waals surface area contributed by atoms with Gasteiger partial charge in [-0.3, -0.25) is 9.69 Å². The van der Waals surface area contributed by atoms with Crippen molar-refractivity contribution in [2.45, 2.75) is 12.8 Å². The van der Waals surface area contributed by atoms with Crippen molar-refractivity contribution in [3.05, 3.63) is 24.3 Å². The highest BCUT2D eigenvalue weighted by atomic mass is 16.5. The molecule has 1 saturated carbocycles. The smallest absolute Gasteiger partial charge is 0.260 e. The summed E-state index contributed by atoms with van der Waals surface area (Å²) in [5.74, 6) is 1.62. The quantitative estimate of drug-likeness (QED) is 0.828. The molecule has 5 nitrogen and oxygen atoms in total. The summed E-state index contributed by atoms with van der Waals surface area (Å²) >= 11 is 0. The van der Waals surface area contributed by atoms with Gasteiger partial charge in [-0.1, -0.05) is 6.07 Å². The first-order valence-electron chi connectivity index (χ1n) is 7.69. The Bertz CT molecular complexity index is 494. The van der Waals surface area contributed by atoms with Crippen LogP contribution in [-0.2, 0) is 4.79 Å². The van der Waals surface area contributed by atoms with E-state index in [-0.39, 0.29) is 12.5 Å². The van der Waals surface area contributed by atoms with Crippen molar-refractivity contribution >= 4 is 11.6 Å². The fourth-order valence-corrected chi connectivity index (χ4v) is 2.69. The molecule has 1 aliphatic carbocycles. The summed E-state index contributed by atoms with van der Waals surface area (Å²) in [6.07, 6.45) is 2.76. The van der Waals surface area contributed by atoms with Gasteiger partial charge in [0.05, 0.1) is 0 Å². The second-order valence-corrected chi connectivity index (χ2v) is 5.99. The zero-order valence-electron chi connectivity index (χ0n) is 12.3. The van der Waals surface area contributed by atoms with Crippen molar-refractivity contribution in [3.63, 3.8) is 0 Å². The fraction of sp³-hybridized carbons (Fsp3) is 0.562. The summed E-state index contributed by atoms with van der Waals surface area (Å²) in [5.41, 5.74) is 6.33. The lowest BCUT2D eigenvalue weighted by molar-refractivity contribution is -0.135. The molecule has 1 aromatic rings. The molecule has 1 aromatic carbocycles. The van der Waals surface area contributed by atoms with Crippen molar-refractivity contribution in [2.24, 2.45) is 5.92 Å². The highest BCUT2D eigenvalue weighted by Crippen LogP contribution is 2.29. The zero-order valence-corrected chi connectivity index (χ0v) is 12.3. The Labute approximate surface area is 125 Å². The van der Waals surface area contributed by atoms with Crippen LogP contribution in [0.4, 0.5) is 5.69 Å². The number of carbonyl (C=O) groups is 1. The van der Waals surface area contributed by atoms with E-state index in [4.69, 9.17) is 10.5 Å². The molecule has 2 aliphatic rings. The van der Waals surface area contributed by atoms with Crippen LogP contribution >= 0.6 is 0 Å². The molecule has 0 bridgehead atoms. The molecule has 0 radical (unpaired) electrons. The summed E-state index contributed by atoms with van der Waals surface area (Å²) in [4.78, 5) is 16.5. The maximum absolute atomic E-state index is 12.1. The average Bonchev–Trinajstić information content (AvgIpc) is 3.30. The van der Waals surface area contributed by atoms with Crippen LogP contribution in [0.2, 0.25) is 0 Å². The Morgan fingerprint density at radius 3 is 2.67 bits per heavy atom. The number of nitrogen functional groups attached to an aromatic ring is 1. The summed E-state index contributed by atoms with van der Waals surface area (Å²) in [5, 5.41) is 0. The minimum Gasteiger partial charge on any atom is -0.484 e. The maximum Gasteiger partial charge on any atom is 0.260 e. The lowest BCUT2D eigenvalue weighted by atomic mass is 10.2. The Hall–Kier alpha value is -1.75. The largest absolute Gasteiger partial charge is 0.484 e. The van der Waals surface area contributed by atoms with E-state index in [0.29, 0.717) is 11.4 Å². The van der Waals surface area contributed by atoms with Gasteiger partial charge in [-0.15, -0.1) is 0 Å². The molecule has 1 aliphatic heterocycles. The van der Waals surface area contributed by atoms with Crippen molar-refractivity contribution in [2.75, 3.05) is 45.1 Å². The number of hydrogen-bond donors (Lipinski definition) is 1. The number of ether oxygens (including phenoxy) is 1. The predicted octanol–water partition coefficient (Wildman–Crippen LogP) is 1.20. The van der Waals surface area contributed by atoms with E-state index >= 15 is 0 Å². The summed E-state index contributed by atoms with van der Waals surface area (Å²) in [7, 11) is 0. The molecular formula is C16H23N3O2. The number of piperazine rings is 1. The van der Waals surface area contributed by atoms with Gasteiger partial charge >= 0.3 is 0 Å². The molecule has 0 aromatic heterocycles. The van der Waals surface area contributed by atoms with E-state index in [1.54, 1.807) is 12.1 Å². The number of benzene rings is 1. The van der Waals surface area contributed by atoms with Crippen LogP contribution in [0.25, 0.3) is 0 Å². The van der Waals surface area contributed by atoms with Gasteiger partial charge in [0.1, 0.15) is 5.75 Å². The first-order chi connectivity index (χ1) is 10.2. The lowest BCUT2D eigenvalue weighted by Gasteiger charge is -2.34. The van der Waals surface area contributed by atoms with Gasteiger partial charge < -0.3 is 15.4 Å². The van der Waals surface area contributed by atoms with Crippen LogP contribution in [0.5, 0.6) is 5.75 Å². The molecule has 2 N–H and O–H groups in total. The van der Waals surface area contributed by atoms with Gasteiger partial charge in [0.25, 0.3) is 5.91 Å². The highest BCUT2D eigenvalue weighted by Gasteiger charge is 2.27. The fourth-order valence-electron chi connectivity index (χ4n) is 2.69. The van der Waals surface area contributed by atoms with Gasteiger partial charge in [0.15, 0.2) is 6.61 Å². The first kappa shape index (κ1) is 14.2. The van der Waals surface area contributed by atoms with Crippen molar-refractivity contribution < 1.29 is 9.53 Å². The number of nitrogens with zero attached hydrogens (tertiary/aromatic N) is 2. The molecule has 3 rings (SSSR count). The van der Waals surface area contributed by atoms with E-state index in [2.05, 4.69) is 4.90 Å². The average molecular weight is 289 g/mol. The van der Waals surface area contributed by atoms with Crippen LogP contribution in [0.3, 0.4) is 0 Å². The second kappa shape index (κ2) is 6.35. The molecule has 2 fully saturated rings. The van der Waals surface area contributed by atoms with E-state index in [1.165, 1.54) is 19.4 Å². The topological polar surface area (TPSA) is 58.8 Å². The van der Waals surface area contributed by atoms with E-state index < -0.39 is 0 Å². The molecule has 1 amide bonds. The Morgan fingerprint density at radius 1 is 1.24 bits per heavy atom. The number of carbonyl (C=O) groups excluding carboxylic acids is 1. The van der Waals surface area contributed by atoms with Crippen LogP contribution in [-0.4, -0.2) is 55.0 Å². The van der Waals surface area contributed by atoms with Gasteiger partial charge in [0.2, 0.25) is 0 Å². The molecule has 5 heteroatoms. The van der Waals surface area contributed by atoms with E-state index in [1.807, 2.05) is 17.0 Å². The Morgan fingerprint density at radius 2 is 2.00 bits per heavy atom. The highest BCUT2D eigenvalue weighted by molar-refractivity contribution is 5.77. The standard InChI is InChI=1S/C16H23N3O2/c17-14-2-1-3-15(10-14)21-12-16(20)19-8-6-18(7-9-19)11-13-4-5-13/h1-3,10,13H,4-9,11-12,17H2. The minimum atomic E-state index is 0.0588. The third-order valence-electron chi connectivity index (χ3n) is 4.16. The number of amides is 1. The second-order valence-electron chi connectivity index (χ2n) is 5.99. The minimum absolute atomic E-state index is 0.0588. The molecule has 0 unspecified atom stereocenters. The van der Waals surface area contributed by atoms with E-state index in [9.17, 15) is 4.79 Å². The molecular weight excluding hydrogens is 266 g/mol. The number of rotatable bonds is 5. The van der Waals surface area contributed by atoms with Crippen LogP contribution in [0.15, 0.2) is 24.3 Å². The van der Waals surface area contributed by atoms with Crippen LogP contribution < -0.4 is 10.5 Å². The molecule has 1 saturated heterocycles. The van der Waals surface area contributed by atoms with Crippen LogP contribution in [0, 0.1) is 5.92 Å².